The summed E-state index contributed by atoms with van der Waals surface area (Å²) in [6.45, 7) is 5.51. The standard InChI is InChI=1S/C15H22BrNO2/c1-3-17(9-4-10-18)15(19)11-12(2)13-5-7-14(16)8-6-13/h5-8,12,18H,3-4,9-11H2,1-2H3. The number of benzene rings is 1. The Morgan fingerprint density at radius 1 is 1.37 bits per heavy atom. The van der Waals surface area contributed by atoms with E-state index in [9.17, 15) is 4.79 Å². The van der Waals surface area contributed by atoms with Crippen molar-refractivity contribution in [2.45, 2.75) is 32.6 Å². The van der Waals surface area contributed by atoms with Crippen molar-refractivity contribution in [3.05, 3.63) is 34.3 Å². The van der Waals surface area contributed by atoms with Crippen LogP contribution in [0.15, 0.2) is 28.7 Å². The van der Waals surface area contributed by atoms with Crippen LogP contribution in [-0.2, 0) is 4.79 Å². The van der Waals surface area contributed by atoms with Gasteiger partial charge in [-0.2, -0.15) is 0 Å². The number of nitrogens with zero attached hydrogens (tertiary/aromatic N) is 1. The van der Waals surface area contributed by atoms with Gasteiger partial charge in [0.15, 0.2) is 0 Å². The van der Waals surface area contributed by atoms with Crippen LogP contribution in [-0.4, -0.2) is 35.6 Å². The molecule has 0 aliphatic rings. The number of halogens is 1. The van der Waals surface area contributed by atoms with Gasteiger partial charge < -0.3 is 10.0 Å². The first-order chi connectivity index (χ1) is 9.08. The van der Waals surface area contributed by atoms with Crippen LogP contribution in [0, 0.1) is 0 Å². The van der Waals surface area contributed by atoms with Crippen molar-refractivity contribution in [2.24, 2.45) is 0 Å². The van der Waals surface area contributed by atoms with Crippen molar-refractivity contribution in [1.82, 2.24) is 4.90 Å². The van der Waals surface area contributed by atoms with E-state index in [0.717, 1.165) is 4.47 Å². The number of hydrogen-bond donors (Lipinski definition) is 1. The number of amides is 1. The van der Waals surface area contributed by atoms with Gasteiger partial charge in [0.05, 0.1) is 0 Å². The molecule has 1 rings (SSSR count). The Bertz CT molecular complexity index is 392. The number of hydrogen-bond acceptors (Lipinski definition) is 2. The topological polar surface area (TPSA) is 40.5 Å². The quantitative estimate of drug-likeness (QED) is 0.835. The second kappa shape index (κ2) is 8.33. The smallest absolute Gasteiger partial charge is 0.223 e. The van der Waals surface area contributed by atoms with Crippen LogP contribution in [0.3, 0.4) is 0 Å². The summed E-state index contributed by atoms with van der Waals surface area (Å²) in [5, 5.41) is 8.84. The van der Waals surface area contributed by atoms with Crippen LogP contribution < -0.4 is 0 Å². The maximum Gasteiger partial charge on any atom is 0.223 e. The normalized spacial score (nSPS) is 12.2. The second-order valence-electron chi connectivity index (χ2n) is 4.71. The van der Waals surface area contributed by atoms with Crippen molar-refractivity contribution in [3.8, 4) is 0 Å². The van der Waals surface area contributed by atoms with Gasteiger partial charge in [-0.1, -0.05) is 35.0 Å². The second-order valence-corrected chi connectivity index (χ2v) is 5.62. The Morgan fingerprint density at radius 2 is 2.00 bits per heavy atom. The van der Waals surface area contributed by atoms with Crippen molar-refractivity contribution in [3.63, 3.8) is 0 Å². The van der Waals surface area contributed by atoms with E-state index in [1.54, 1.807) is 0 Å². The van der Waals surface area contributed by atoms with E-state index in [1.807, 2.05) is 36.1 Å². The molecule has 0 radical (unpaired) electrons. The summed E-state index contributed by atoms with van der Waals surface area (Å²) in [4.78, 5) is 14.0. The molecule has 0 aliphatic carbocycles. The predicted octanol–water partition coefficient (Wildman–Crippen LogP) is 3.17. The Labute approximate surface area is 123 Å². The lowest BCUT2D eigenvalue weighted by molar-refractivity contribution is -0.131. The van der Waals surface area contributed by atoms with Crippen LogP contribution in [0.1, 0.15) is 38.2 Å². The molecule has 0 fully saturated rings. The number of rotatable bonds is 7. The van der Waals surface area contributed by atoms with Gasteiger partial charge in [0, 0.05) is 30.6 Å². The fourth-order valence-corrected chi connectivity index (χ4v) is 2.29. The minimum absolute atomic E-state index is 0.131. The maximum atomic E-state index is 12.2. The summed E-state index contributed by atoms with van der Waals surface area (Å²) in [6.07, 6.45) is 1.16. The summed E-state index contributed by atoms with van der Waals surface area (Å²) < 4.78 is 1.05. The molecule has 1 aromatic carbocycles. The average Bonchev–Trinajstić information content (AvgIpc) is 2.40. The highest BCUT2D eigenvalue weighted by Gasteiger charge is 2.16. The fourth-order valence-electron chi connectivity index (χ4n) is 2.02. The van der Waals surface area contributed by atoms with E-state index in [-0.39, 0.29) is 18.4 Å². The van der Waals surface area contributed by atoms with Gasteiger partial charge in [-0.05, 0) is 37.0 Å². The molecular formula is C15H22BrNO2. The summed E-state index contributed by atoms with van der Waals surface area (Å²) in [7, 11) is 0. The lowest BCUT2D eigenvalue weighted by Crippen LogP contribution is -2.32. The third-order valence-electron chi connectivity index (χ3n) is 3.24. The van der Waals surface area contributed by atoms with E-state index in [0.29, 0.717) is 25.9 Å². The molecule has 3 nitrogen and oxygen atoms in total. The summed E-state index contributed by atoms with van der Waals surface area (Å²) in [6, 6.07) is 8.09. The van der Waals surface area contributed by atoms with Gasteiger partial charge in [0.1, 0.15) is 0 Å². The van der Waals surface area contributed by atoms with Gasteiger partial charge in [-0.3, -0.25) is 4.79 Å². The lowest BCUT2D eigenvalue weighted by atomic mass is 9.97. The Hall–Kier alpha value is -0.870. The third-order valence-corrected chi connectivity index (χ3v) is 3.77. The molecule has 0 spiro atoms. The molecule has 1 unspecified atom stereocenters. The van der Waals surface area contributed by atoms with Gasteiger partial charge in [-0.25, -0.2) is 0 Å². The Balaban J connectivity index is 2.57. The van der Waals surface area contributed by atoms with Crippen LogP contribution in [0.25, 0.3) is 0 Å². The zero-order valence-corrected chi connectivity index (χ0v) is 13.2. The number of aliphatic hydroxyl groups excluding tert-OH is 1. The predicted molar refractivity (Wildman–Crippen MR) is 81.1 cm³/mol. The van der Waals surface area contributed by atoms with Crippen molar-refractivity contribution >= 4 is 21.8 Å². The third kappa shape index (κ3) is 5.33. The van der Waals surface area contributed by atoms with Crippen LogP contribution >= 0.6 is 15.9 Å². The first-order valence-electron chi connectivity index (χ1n) is 6.72. The van der Waals surface area contributed by atoms with E-state index >= 15 is 0 Å². The van der Waals surface area contributed by atoms with Crippen molar-refractivity contribution in [2.75, 3.05) is 19.7 Å². The van der Waals surface area contributed by atoms with E-state index in [4.69, 9.17) is 5.11 Å². The molecule has 19 heavy (non-hydrogen) atoms. The minimum Gasteiger partial charge on any atom is -0.396 e. The average molecular weight is 328 g/mol. The number of carbonyl (C=O) groups excluding carboxylic acids is 1. The highest BCUT2D eigenvalue weighted by atomic mass is 79.9. The lowest BCUT2D eigenvalue weighted by Gasteiger charge is -2.22. The van der Waals surface area contributed by atoms with Crippen LogP contribution in [0.2, 0.25) is 0 Å². The Morgan fingerprint density at radius 3 is 2.53 bits per heavy atom. The van der Waals surface area contributed by atoms with Crippen molar-refractivity contribution in [1.29, 1.82) is 0 Å². The highest BCUT2D eigenvalue weighted by Crippen LogP contribution is 2.22. The monoisotopic (exact) mass is 327 g/mol. The van der Waals surface area contributed by atoms with Crippen LogP contribution in [0.5, 0.6) is 0 Å². The molecule has 1 atom stereocenters. The molecule has 106 valence electrons. The number of carbonyl (C=O) groups is 1. The zero-order chi connectivity index (χ0) is 14.3. The molecule has 0 aromatic heterocycles. The molecule has 0 bridgehead atoms. The molecule has 1 aromatic rings. The molecule has 0 saturated heterocycles. The summed E-state index contributed by atoms with van der Waals surface area (Å²) >= 11 is 3.41. The first kappa shape index (κ1) is 16.2. The molecule has 0 heterocycles. The van der Waals surface area contributed by atoms with Gasteiger partial charge >= 0.3 is 0 Å². The largest absolute Gasteiger partial charge is 0.396 e. The minimum atomic E-state index is 0.131. The van der Waals surface area contributed by atoms with E-state index in [1.165, 1.54) is 5.56 Å². The molecular weight excluding hydrogens is 306 g/mol. The molecule has 1 amide bonds. The molecule has 0 aliphatic heterocycles. The van der Waals surface area contributed by atoms with E-state index < -0.39 is 0 Å². The van der Waals surface area contributed by atoms with Crippen LogP contribution in [0.4, 0.5) is 0 Å². The van der Waals surface area contributed by atoms with Crippen molar-refractivity contribution < 1.29 is 9.90 Å². The molecule has 4 heteroatoms. The summed E-state index contributed by atoms with van der Waals surface area (Å²) in [5.74, 6) is 0.371. The van der Waals surface area contributed by atoms with Gasteiger partial charge in [0.25, 0.3) is 0 Å². The zero-order valence-electron chi connectivity index (χ0n) is 11.6. The van der Waals surface area contributed by atoms with Gasteiger partial charge in [-0.15, -0.1) is 0 Å². The first-order valence-corrected chi connectivity index (χ1v) is 7.51. The Kier molecular flexibility index (Phi) is 7.10. The summed E-state index contributed by atoms with van der Waals surface area (Å²) in [5.41, 5.74) is 1.18. The SMILES string of the molecule is CCN(CCCO)C(=O)CC(C)c1ccc(Br)cc1. The number of aliphatic hydroxyl groups is 1. The molecule has 0 saturated carbocycles. The highest BCUT2D eigenvalue weighted by molar-refractivity contribution is 9.10. The molecule has 1 N–H and O–H groups in total. The fraction of sp³-hybridized carbons (Fsp3) is 0.533. The van der Waals surface area contributed by atoms with E-state index in [2.05, 4.69) is 22.9 Å². The van der Waals surface area contributed by atoms with Gasteiger partial charge in [0.2, 0.25) is 5.91 Å². The maximum absolute atomic E-state index is 12.2.